The van der Waals surface area contributed by atoms with Gasteiger partial charge in [-0.2, -0.15) is 0 Å². The molecule has 1 amide bonds. The minimum absolute atomic E-state index is 0.0204. The van der Waals surface area contributed by atoms with Crippen LogP contribution < -0.4 is 0 Å². The van der Waals surface area contributed by atoms with Crippen molar-refractivity contribution in [3.05, 3.63) is 82.3 Å². The fourth-order valence-corrected chi connectivity index (χ4v) is 4.90. The molecule has 2 unspecified atom stereocenters. The molecule has 2 fully saturated rings. The van der Waals surface area contributed by atoms with Gasteiger partial charge in [-0.3, -0.25) is 4.90 Å². The number of hydrogen-bond acceptors (Lipinski definition) is 6. The number of benzene rings is 2. The molecule has 2 aromatic carbocycles. The monoisotopic (exact) mass is 588 g/mol. The van der Waals surface area contributed by atoms with Crippen molar-refractivity contribution in [2.45, 2.75) is 31.4 Å². The van der Waals surface area contributed by atoms with Gasteiger partial charge < -0.3 is 24.6 Å². The highest BCUT2D eigenvalue weighted by Crippen LogP contribution is 2.31. The summed E-state index contributed by atoms with van der Waals surface area (Å²) in [6.07, 6.45) is 3.45. The number of aliphatic carboxylic acids is 2. The van der Waals surface area contributed by atoms with E-state index >= 15 is 0 Å². The summed E-state index contributed by atoms with van der Waals surface area (Å²) in [7, 11) is 0. The number of carbonyl (C=O) groups excluding carboxylic acids is 1. The second kappa shape index (κ2) is 15.3. The summed E-state index contributed by atoms with van der Waals surface area (Å²) in [4.78, 5) is 36.3. The largest absolute Gasteiger partial charge is 0.478 e. The van der Waals surface area contributed by atoms with Gasteiger partial charge in [-0.1, -0.05) is 64.5 Å². The van der Waals surface area contributed by atoms with Gasteiger partial charge in [-0.05, 0) is 30.0 Å². The highest BCUT2D eigenvalue weighted by Gasteiger charge is 2.37. The molecule has 0 aromatic heterocycles. The van der Waals surface area contributed by atoms with E-state index in [0.717, 1.165) is 55.7 Å². The number of halogens is 1. The zero-order valence-corrected chi connectivity index (χ0v) is 22.7. The van der Waals surface area contributed by atoms with E-state index in [4.69, 9.17) is 19.7 Å². The average molecular weight is 589 g/mol. The standard InChI is InChI=1S/C24H29BrN2O3.C4H4O4/c25-22-10-5-4-9-20(22)17-21-18-27(24(28)30-21)23(19-7-2-1-3-8-19)11-13-26-12-6-15-29-16-14-26;5-3(6)1-2-4(7)8/h1-5,7-10,21,23H,6,11-18H2;1-2H,(H,5,6)(H,7,8)/b;2-1+. The minimum atomic E-state index is -1.26. The van der Waals surface area contributed by atoms with Gasteiger partial charge in [0, 0.05) is 49.3 Å². The average Bonchev–Trinajstić information content (AvgIpc) is 3.08. The summed E-state index contributed by atoms with van der Waals surface area (Å²) in [5.41, 5.74) is 2.33. The van der Waals surface area contributed by atoms with Crippen LogP contribution in [0.3, 0.4) is 0 Å². The first-order chi connectivity index (χ1) is 18.3. The van der Waals surface area contributed by atoms with Crippen molar-refractivity contribution >= 4 is 34.0 Å². The summed E-state index contributed by atoms with van der Waals surface area (Å²) in [6, 6.07) is 18.5. The van der Waals surface area contributed by atoms with Crippen LogP contribution in [0.15, 0.2) is 71.2 Å². The molecule has 0 bridgehead atoms. The minimum Gasteiger partial charge on any atom is -0.478 e. The highest BCUT2D eigenvalue weighted by atomic mass is 79.9. The quantitative estimate of drug-likeness (QED) is 0.414. The normalized spacial score (nSPS) is 18.8. The number of amides is 1. The van der Waals surface area contributed by atoms with E-state index in [1.54, 1.807) is 0 Å². The maximum Gasteiger partial charge on any atom is 0.410 e. The first kappa shape index (κ1) is 29.3. The number of rotatable bonds is 9. The van der Waals surface area contributed by atoms with Crippen molar-refractivity contribution in [3.63, 3.8) is 0 Å². The van der Waals surface area contributed by atoms with Crippen LogP contribution in [0.5, 0.6) is 0 Å². The Morgan fingerprint density at radius 3 is 2.37 bits per heavy atom. The number of cyclic esters (lactones) is 1. The van der Waals surface area contributed by atoms with E-state index in [0.29, 0.717) is 25.1 Å². The van der Waals surface area contributed by atoms with Gasteiger partial charge in [0.1, 0.15) is 6.10 Å². The molecule has 2 aliphatic heterocycles. The number of carboxylic acid groups (broad SMARTS) is 2. The second-order valence-electron chi connectivity index (χ2n) is 8.99. The predicted molar refractivity (Wildman–Crippen MR) is 145 cm³/mol. The predicted octanol–water partition coefficient (Wildman–Crippen LogP) is 4.38. The molecule has 0 radical (unpaired) electrons. The van der Waals surface area contributed by atoms with E-state index in [2.05, 4.69) is 39.0 Å². The van der Waals surface area contributed by atoms with Crippen molar-refractivity contribution in [1.82, 2.24) is 9.80 Å². The van der Waals surface area contributed by atoms with Crippen LogP contribution >= 0.6 is 15.9 Å². The molecule has 4 rings (SSSR count). The molecule has 2 heterocycles. The summed E-state index contributed by atoms with van der Waals surface area (Å²) >= 11 is 3.60. The first-order valence-corrected chi connectivity index (χ1v) is 13.3. The number of nitrogens with zero attached hydrogens (tertiary/aromatic N) is 2. The number of carbonyl (C=O) groups is 3. The lowest BCUT2D eigenvalue weighted by Gasteiger charge is -2.29. The maximum atomic E-state index is 12.8. The Labute approximate surface area is 230 Å². The lowest BCUT2D eigenvalue weighted by Crippen LogP contribution is -2.35. The molecule has 2 aromatic rings. The zero-order chi connectivity index (χ0) is 27.3. The number of ether oxygens (including phenoxy) is 2. The maximum absolute atomic E-state index is 12.8. The van der Waals surface area contributed by atoms with Crippen LogP contribution in [0.1, 0.15) is 30.0 Å². The Bertz CT molecular complexity index is 1070. The molecule has 2 N–H and O–H groups in total. The lowest BCUT2D eigenvalue weighted by molar-refractivity contribution is -0.134. The summed E-state index contributed by atoms with van der Waals surface area (Å²) in [6.45, 7) is 5.20. The van der Waals surface area contributed by atoms with Crippen molar-refractivity contribution in [1.29, 1.82) is 0 Å². The molecule has 0 saturated carbocycles. The van der Waals surface area contributed by atoms with Crippen LogP contribution in [-0.2, 0) is 25.5 Å². The van der Waals surface area contributed by atoms with Gasteiger partial charge in [0.05, 0.1) is 19.2 Å². The van der Waals surface area contributed by atoms with Gasteiger partial charge in [-0.15, -0.1) is 0 Å². The highest BCUT2D eigenvalue weighted by molar-refractivity contribution is 9.10. The Hall–Kier alpha value is -3.21. The Kier molecular flexibility index (Phi) is 11.8. The van der Waals surface area contributed by atoms with Crippen molar-refractivity contribution < 1.29 is 34.1 Å². The summed E-state index contributed by atoms with van der Waals surface area (Å²) in [5.74, 6) is -2.51. The zero-order valence-electron chi connectivity index (χ0n) is 21.1. The fourth-order valence-electron chi connectivity index (χ4n) is 4.46. The van der Waals surface area contributed by atoms with Crippen molar-refractivity contribution in [3.8, 4) is 0 Å². The van der Waals surface area contributed by atoms with E-state index < -0.39 is 11.9 Å². The molecule has 2 saturated heterocycles. The summed E-state index contributed by atoms with van der Waals surface area (Å²) < 4.78 is 12.4. The van der Waals surface area contributed by atoms with Crippen LogP contribution in [0.4, 0.5) is 4.79 Å². The third-order valence-corrected chi connectivity index (χ3v) is 7.04. The van der Waals surface area contributed by atoms with Gasteiger partial charge in [-0.25, -0.2) is 14.4 Å². The van der Waals surface area contributed by atoms with Crippen molar-refractivity contribution in [2.75, 3.05) is 39.4 Å². The molecule has 0 aliphatic carbocycles. The third-order valence-electron chi connectivity index (χ3n) is 6.27. The van der Waals surface area contributed by atoms with Gasteiger partial charge in [0.15, 0.2) is 0 Å². The van der Waals surface area contributed by atoms with Crippen LogP contribution in [0, 0.1) is 0 Å². The number of carboxylic acids is 2. The fraction of sp³-hybridized carbons (Fsp3) is 0.393. The Morgan fingerprint density at radius 1 is 1.00 bits per heavy atom. The van der Waals surface area contributed by atoms with E-state index in [1.165, 1.54) is 5.56 Å². The second-order valence-corrected chi connectivity index (χ2v) is 9.84. The lowest BCUT2D eigenvalue weighted by atomic mass is 10.0. The van der Waals surface area contributed by atoms with Crippen LogP contribution in [0.25, 0.3) is 0 Å². The van der Waals surface area contributed by atoms with E-state index in [-0.39, 0.29) is 18.2 Å². The molecule has 0 spiro atoms. The molecule has 204 valence electrons. The first-order valence-electron chi connectivity index (χ1n) is 12.5. The molecule has 2 aliphatic rings. The van der Waals surface area contributed by atoms with Gasteiger partial charge in [0.2, 0.25) is 0 Å². The molecule has 10 heteroatoms. The van der Waals surface area contributed by atoms with Gasteiger partial charge >= 0.3 is 18.0 Å². The molecule has 38 heavy (non-hydrogen) atoms. The van der Waals surface area contributed by atoms with Crippen molar-refractivity contribution in [2.24, 2.45) is 0 Å². The SMILES string of the molecule is O=C(O)/C=C/C(=O)O.O=C1OC(Cc2ccccc2Br)CN1C(CCN1CCCOCC1)c1ccccc1. The summed E-state index contributed by atoms with van der Waals surface area (Å²) in [5, 5.41) is 15.6. The smallest absolute Gasteiger partial charge is 0.410 e. The number of hydrogen-bond donors (Lipinski definition) is 2. The van der Waals surface area contributed by atoms with E-state index in [1.807, 2.05) is 41.3 Å². The Morgan fingerprint density at radius 2 is 1.68 bits per heavy atom. The molecular formula is C28H33BrN2O7. The topological polar surface area (TPSA) is 117 Å². The third kappa shape index (κ3) is 9.59. The molecular weight excluding hydrogens is 556 g/mol. The van der Waals surface area contributed by atoms with E-state index in [9.17, 15) is 14.4 Å². The Balaban J connectivity index is 0.000000436. The molecule has 2 atom stereocenters. The van der Waals surface area contributed by atoms with Gasteiger partial charge in [0.25, 0.3) is 0 Å². The van der Waals surface area contributed by atoms with Crippen LogP contribution in [-0.4, -0.2) is 83.5 Å². The van der Waals surface area contributed by atoms with Crippen LogP contribution in [0.2, 0.25) is 0 Å². The molecule has 9 nitrogen and oxygen atoms in total.